The zero-order chi connectivity index (χ0) is 17.3. The zero-order valence-electron chi connectivity index (χ0n) is 13.4. The standard InChI is InChI=1S/C16H18N4O3S/c1-11-3-4-12(10-17)9-14(11)24(21,22)19-13-5-8-23-15(13)16-18-6-7-20(16)2/h3-4,6-7,9,13,15,19H,5,8H2,1-2H3/t13-,15-/m0/s1. The third-order valence-electron chi connectivity index (χ3n) is 4.12. The Morgan fingerprint density at radius 2 is 2.25 bits per heavy atom. The number of aromatic nitrogens is 2. The molecule has 3 rings (SSSR count). The maximum atomic E-state index is 12.8. The molecule has 1 fully saturated rings. The van der Waals surface area contributed by atoms with Gasteiger partial charge in [-0.3, -0.25) is 0 Å². The summed E-state index contributed by atoms with van der Waals surface area (Å²) < 4.78 is 35.8. The average Bonchev–Trinajstić information content (AvgIpc) is 3.15. The van der Waals surface area contributed by atoms with E-state index >= 15 is 0 Å². The molecular formula is C16H18N4O3S. The minimum absolute atomic E-state index is 0.118. The number of nitrogens with one attached hydrogen (secondary N) is 1. The molecule has 24 heavy (non-hydrogen) atoms. The van der Waals surface area contributed by atoms with Gasteiger partial charge in [-0.25, -0.2) is 18.1 Å². The monoisotopic (exact) mass is 346 g/mol. The van der Waals surface area contributed by atoms with Crippen LogP contribution in [0.1, 0.15) is 29.5 Å². The fourth-order valence-electron chi connectivity index (χ4n) is 2.84. The van der Waals surface area contributed by atoms with E-state index in [9.17, 15) is 8.42 Å². The van der Waals surface area contributed by atoms with Crippen LogP contribution in [0.25, 0.3) is 0 Å². The second-order valence-electron chi connectivity index (χ2n) is 5.80. The van der Waals surface area contributed by atoms with E-state index < -0.39 is 22.2 Å². The molecule has 126 valence electrons. The summed E-state index contributed by atoms with van der Waals surface area (Å²) in [6.45, 7) is 2.17. The van der Waals surface area contributed by atoms with Gasteiger partial charge in [-0.1, -0.05) is 6.07 Å². The number of imidazole rings is 1. The van der Waals surface area contributed by atoms with Crippen LogP contribution < -0.4 is 4.72 Å². The summed E-state index contributed by atoms with van der Waals surface area (Å²) in [7, 11) is -1.92. The van der Waals surface area contributed by atoms with Gasteiger partial charge in [0, 0.05) is 26.0 Å². The van der Waals surface area contributed by atoms with Gasteiger partial charge in [0.1, 0.15) is 11.9 Å². The minimum atomic E-state index is -3.76. The lowest BCUT2D eigenvalue weighted by molar-refractivity contribution is 0.0932. The summed E-state index contributed by atoms with van der Waals surface area (Å²) in [5.74, 6) is 0.683. The van der Waals surface area contributed by atoms with Crippen LogP contribution in [0.2, 0.25) is 0 Å². The van der Waals surface area contributed by atoms with Crippen molar-refractivity contribution in [2.24, 2.45) is 7.05 Å². The highest BCUT2D eigenvalue weighted by atomic mass is 32.2. The van der Waals surface area contributed by atoms with Crippen LogP contribution >= 0.6 is 0 Å². The molecule has 7 nitrogen and oxygen atoms in total. The molecular weight excluding hydrogens is 328 g/mol. The first-order chi connectivity index (χ1) is 11.4. The lowest BCUT2D eigenvalue weighted by Crippen LogP contribution is -2.37. The van der Waals surface area contributed by atoms with Crippen molar-refractivity contribution in [3.05, 3.63) is 47.5 Å². The first kappa shape index (κ1) is 16.6. The van der Waals surface area contributed by atoms with Crippen molar-refractivity contribution in [2.45, 2.75) is 30.4 Å². The van der Waals surface area contributed by atoms with E-state index in [0.717, 1.165) is 0 Å². The molecule has 0 unspecified atom stereocenters. The summed E-state index contributed by atoms with van der Waals surface area (Å²) in [5.41, 5.74) is 0.901. The van der Waals surface area contributed by atoms with Crippen LogP contribution in [0.5, 0.6) is 0 Å². The quantitative estimate of drug-likeness (QED) is 0.903. The van der Waals surface area contributed by atoms with Crippen LogP contribution in [0.15, 0.2) is 35.5 Å². The maximum Gasteiger partial charge on any atom is 0.241 e. The van der Waals surface area contributed by atoms with Crippen molar-refractivity contribution in [3.63, 3.8) is 0 Å². The minimum Gasteiger partial charge on any atom is -0.369 e. The van der Waals surface area contributed by atoms with Crippen molar-refractivity contribution >= 4 is 10.0 Å². The summed E-state index contributed by atoms with van der Waals surface area (Å²) in [4.78, 5) is 4.37. The Labute approximate surface area is 140 Å². The van der Waals surface area contributed by atoms with Gasteiger partial charge in [0.2, 0.25) is 10.0 Å². The third kappa shape index (κ3) is 3.06. The Bertz CT molecular complexity index is 898. The normalized spacial score (nSPS) is 20.9. The zero-order valence-corrected chi connectivity index (χ0v) is 14.2. The number of benzene rings is 1. The Morgan fingerprint density at radius 3 is 2.92 bits per heavy atom. The molecule has 1 aromatic carbocycles. The summed E-state index contributed by atoms with van der Waals surface area (Å²) in [5, 5.41) is 9.00. The molecule has 0 radical (unpaired) electrons. The Balaban J connectivity index is 1.89. The van der Waals surface area contributed by atoms with Crippen molar-refractivity contribution in [2.75, 3.05) is 6.61 Å². The Morgan fingerprint density at radius 1 is 1.46 bits per heavy atom. The second kappa shape index (κ2) is 6.36. The molecule has 1 aromatic heterocycles. The first-order valence-corrected chi connectivity index (χ1v) is 9.02. The lowest BCUT2D eigenvalue weighted by Gasteiger charge is -2.20. The summed E-state index contributed by atoms with van der Waals surface area (Å²) in [6.07, 6.45) is 3.58. The van der Waals surface area contributed by atoms with Gasteiger partial charge in [0.05, 0.1) is 22.6 Å². The lowest BCUT2D eigenvalue weighted by atomic mass is 10.1. The fraction of sp³-hybridized carbons (Fsp3) is 0.375. The topological polar surface area (TPSA) is 97.0 Å². The Kier molecular flexibility index (Phi) is 4.41. The highest BCUT2D eigenvalue weighted by Crippen LogP contribution is 2.29. The fourth-order valence-corrected chi connectivity index (χ4v) is 4.38. The van der Waals surface area contributed by atoms with Gasteiger partial charge in [-0.15, -0.1) is 0 Å². The molecule has 8 heteroatoms. The highest BCUT2D eigenvalue weighted by molar-refractivity contribution is 7.89. The van der Waals surface area contributed by atoms with E-state index in [1.54, 1.807) is 31.5 Å². The second-order valence-corrected chi connectivity index (χ2v) is 7.48. The first-order valence-electron chi connectivity index (χ1n) is 7.54. The van der Waals surface area contributed by atoms with Crippen LogP contribution in [0, 0.1) is 18.3 Å². The van der Waals surface area contributed by atoms with Crippen LogP contribution in [-0.2, 0) is 21.8 Å². The maximum absolute atomic E-state index is 12.8. The predicted molar refractivity (Wildman–Crippen MR) is 86.5 cm³/mol. The molecule has 1 aliphatic heterocycles. The number of rotatable bonds is 4. The molecule has 2 heterocycles. The van der Waals surface area contributed by atoms with Gasteiger partial charge in [0.25, 0.3) is 0 Å². The van der Waals surface area contributed by atoms with Crippen molar-refractivity contribution < 1.29 is 13.2 Å². The number of sulfonamides is 1. The smallest absolute Gasteiger partial charge is 0.241 e. The molecule has 0 amide bonds. The highest BCUT2D eigenvalue weighted by Gasteiger charge is 2.36. The van der Waals surface area contributed by atoms with Gasteiger partial charge in [-0.2, -0.15) is 5.26 Å². The number of hydrogen-bond acceptors (Lipinski definition) is 5. The van der Waals surface area contributed by atoms with Gasteiger partial charge in [0.15, 0.2) is 0 Å². The van der Waals surface area contributed by atoms with E-state index in [1.807, 2.05) is 17.7 Å². The number of nitrogens with zero attached hydrogens (tertiary/aromatic N) is 3. The van der Waals surface area contributed by atoms with Gasteiger partial charge in [-0.05, 0) is 31.0 Å². The van der Waals surface area contributed by atoms with E-state index in [4.69, 9.17) is 10.00 Å². The molecule has 1 aliphatic rings. The predicted octanol–water partition coefficient (Wildman–Crippen LogP) is 1.41. The summed E-state index contributed by atoms with van der Waals surface area (Å²) >= 11 is 0. The molecule has 0 saturated carbocycles. The van der Waals surface area contributed by atoms with Crippen LogP contribution in [-0.4, -0.2) is 30.6 Å². The van der Waals surface area contributed by atoms with Crippen molar-refractivity contribution in [1.82, 2.24) is 14.3 Å². The van der Waals surface area contributed by atoms with Gasteiger partial charge >= 0.3 is 0 Å². The van der Waals surface area contributed by atoms with E-state index in [0.29, 0.717) is 30.0 Å². The third-order valence-corrected chi connectivity index (χ3v) is 5.75. The molecule has 0 aliphatic carbocycles. The molecule has 2 atom stereocenters. The number of nitriles is 1. The number of hydrogen-bond donors (Lipinski definition) is 1. The van der Waals surface area contributed by atoms with Crippen LogP contribution in [0.3, 0.4) is 0 Å². The molecule has 1 saturated heterocycles. The van der Waals surface area contributed by atoms with E-state index in [1.165, 1.54) is 6.07 Å². The largest absolute Gasteiger partial charge is 0.369 e. The molecule has 2 aromatic rings. The molecule has 0 bridgehead atoms. The van der Waals surface area contributed by atoms with Crippen LogP contribution in [0.4, 0.5) is 0 Å². The average molecular weight is 346 g/mol. The van der Waals surface area contributed by atoms with Gasteiger partial charge < -0.3 is 9.30 Å². The Hall–Kier alpha value is -2.21. The number of aryl methyl sites for hydroxylation is 2. The SMILES string of the molecule is Cc1ccc(C#N)cc1S(=O)(=O)N[C@H]1CCO[C@@H]1c1nccn1C. The van der Waals surface area contributed by atoms with Crippen molar-refractivity contribution in [1.29, 1.82) is 5.26 Å². The van der Waals surface area contributed by atoms with E-state index in [2.05, 4.69) is 9.71 Å². The summed E-state index contributed by atoms with van der Waals surface area (Å²) in [6, 6.07) is 6.19. The van der Waals surface area contributed by atoms with E-state index in [-0.39, 0.29) is 4.90 Å². The molecule has 0 spiro atoms. The van der Waals surface area contributed by atoms with Crippen molar-refractivity contribution in [3.8, 4) is 6.07 Å². The number of ether oxygens (including phenoxy) is 1. The molecule has 1 N–H and O–H groups in total.